The lowest BCUT2D eigenvalue weighted by Crippen LogP contribution is -2.37. The highest BCUT2D eigenvalue weighted by molar-refractivity contribution is 5.81. The fraction of sp³-hybridized carbons (Fsp3) is 0.381. The van der Waals surface area contributed by atoms with Crippen LogP contribution in [0.1, 0.15) is 49.1 Å². The molecule has 0 bridgehead atoms. The van der Waals surface area contributed by atoms with E-state index in [9.17, 15) is 4.79 Å². The molecule has 0 spiro atoms. The first-order chi connectivity index (χ1) is 11.4. The van der Waals surface area contributed by atoms with Crippen molar-refractivity contribution in [1.29, 1.82) is 0 Å². The molecule has 2 atom stereocenters. The van der Waals surface area contributed by atoms with Gasteiger partial charge in [-0.15, -0.1) is 0 Å². The molecular formula is C21H27NO2. The number of rotatable bonds is 6. The van der Waals surface area contributed by atoms with E-state index in [2.05, 4.69) is 42.6 Å². The topological polar surface area (TPSA) is 38.3 Å². The van der Waals surface area contributed by atoms with Gasteiger partial charge in [0.25, 0.3) is 5.91 Å². The molecule has 0 fully saturated rings. The maximum absolute atomic E-state index is 12.4. The van der Waals surface area contributed by atoms with Crippen LogP contribution in [0, 0.1) is 13.8 Å². The average Bonchev–Trinajstić information content (AvgIpc) is 2.53. The second kappa shape index (κ2) is 8.00. The van der Waals surface area contributed by atoms with Gasteiger partial charge in [-0.1, -0.05) is 37.3 Å². The van der Waals surface area contributed by atoms with Gasteiger partial charge >= 0.3 is 0 Å². The van der Waals surface area contributed by atoms with Gasteiger partial charge in [-0.3, -0.25) is 4.79 Å². The number of benzene rings is 2. The summed E-state index contributed by atoms with van der Waals surface area (Å²) in [6, 6.07) is 14.3. The predicted molar refractivity (Wildman–Crippen MR) is 98.4 cm³/mol. The van der Waals surface area contributed by atoms with Gasteiger partial charge in [0, 0.05) is 0 Å². The third kappa shape index (κ3) is 4.85. The summed E-state index contributed by atoms with van der Waals surface area (Å²) in [6.45, 7) is 9.94. The average molecular weight is 325 g/mol. The van der Waals surface area contributed by atoms with Crippen LogP contribution in [0.15, 0.2) is 42.5 Å². The van der Waals surface area contributed by atoms with Crippen molar-refractivity contribution in [2.45, 2.75) is 53.2 Å². The largest absolute Gasteiger partial charge is 0.481 e. The summed E-state index contributed by atoms with van der Waals surface area (Å²) in [6.07, 6.45) is 0.477. The molecule has 0 radical (unpaired) electrons. The lowest BCUT2D eigenvalue weighted by molar-refractivity contribution is -0.127. The second-order valence-corrected chi connectivity index (χ2v) is 6.41. The molecule has 24 heavy (non-hydrogen) atoms. The highest BCUT2D eigenvalue weighted by Crippen LogP contribution is 2.18. The van der Waals surface area contributed by atoms with E-state index in [4.69, 9.17) is 4.74 Å². The minimum Gasteiger partial charge on any atom is -0.481 e. The normalized spacial score (nSPS) is 13.2. The Morgan fingerprint density at radius 1 is 1.04 bits per heavy atom. The van der Waals surface area contributed by atoms with Crippen molar-refractivity contribution in [2.24, 2.45) is 0 Å². The summed E-state index contributed by atoms with van der Waals surface area (Å²) in [5.74, 6) is 0.622. The van der Waals surface area contributed by atoms with Gasteiger partial charge in [-0.05, 0) is 68.5 Å². The van der Waals surface area contributed by atoms with Gasteiger partial charge < -0.3 is 10.1 Å². The molecule has 0 heterocycles. The maximum atomic E-state index is 12.4. The van der Waals surface area contributed by atoms with Crippen LogP contribution in [-0.4, -0.2) is 12.0 Å². The van der Waals surface area contributed by atoms with Gasteiger partial charge in [0.05, 0.1) is 6.04 Å². The third-order valence-corrected chi connectivity index (χ3v) is 4.12. The summed E-state index contributed by atoms with van der Waals surface area (Å²) in [5.41, 5.74) is 4.65. The first-order valence-electron chi connectivity index (χ1n) is 8.53. The number of amides is 1. The second-order valence-electron chi connectivity index (χ2n) is 6.41. The molecule has 0 aliphatic carbocycles. The number of carbonyl (C=O) groups is 1. The van der Waals surface area contributed by atoms with Crippen molar-refractivity contribution >= 4 is 5.91 Å². The Bertz CT molecular complexity index is 671. The Hall–Kier alpha value is -2.29. The number of hydrogen-bond acceptors (Lipinski definition) is 2. The van der Waals surface area contributed by atoms with E-state index in [1.165, 1.54) is 5.56 Å². The number of carbonyl (C=O) groups excluding carboxylic acids is 1. The van der Waals surface area contributed by atoms with E-state index >= 15 is 0 Å². The third-order valence-electron chi connectivity index (χ3n) is 4.12. The van der Waals surface area contributed by atoms with Crippen LogP contribution in [0.5, 0.6) is 5.75 Å². The molecule has 3 nitrogen and oxygen atoms in total. The van der Waals surface area contributed by atoms with Crippen LogP contribution in [0.3, 0.4) is 0 Å². The Kier molecular flexibility index (Phi) is 6.02. The summed E-state index contributed by atoms with van der Waals surface area (Å²) >= 11 is 0. The van der Waals surface area contributed by atoms with Gasteiger partial charge in [0.1, 0.15) is 5.75 Å². The van der Waals surface area contributed by atoms with Gasteiger partial charge in [-0.25, -0.2) is 0 Å². The van der Waals surface area contributed by atoms with E-state index in [1.807, 2.05) is 32.9 Å². The smallest absolute Gasteiger partial charge is 0.261 e. The Morgan fingerprint density at radius 2 is 1.62 bits per heavy atom. The summed E-state index contributed by atoms with van der Waals surface area (Å²) in [7, 11) is 0. The minimum atomic E-state index is -0.538. The minimum absolute atomic E-state index is 0.0475. The van der Waals surface area contributed by atoms with Gasteiger partial charge in [0.15, 0.2) is 6.10 Å². The summed E-state index contributed by atoms with van der Waals surface area (Å²) < 4.78 is 5.80. The zero-order chi connectivity index (χ0) is 17.7. The van der Waals surface area contributed by atoms with Crippen LogP contribution in [0.2, 0.25) is 0 Å². The van der Waals surface area contributed by atoms with Crippen molar-refractivity contribution in [3.05, 3.63) is 64.7 Å². The van der Waals surface area contributed by atoms with Crippen molar-refractivity contribution in [1.82, 2.24) is 5.32 Å². The van der Waals surface area contributed by atoms with Crippen LogP contribution in [0.4, 0.5) is 0 Å². The zero-order valence-electron chi connectivity index (χ0n) is 15.2. The lowest BCUT2D eigenvalue weighted by Gasteiger charge is -2.19. The Labute approximate surface area is 145 Å². The number of aryl methyl sites for hydroxylation is 3. The van der Waals surface area contributed by atoms with Crippen LogP contribution < -0.4 is 10.1 Å². The van der Waals surface area contributed by atoms with Crippen LogP contribution in [0.25, 0.3) is 0 Å². The molecule has 1 amide bonds. The number of ether oxygens (including phenoxy) is 1. The fourth-order valence-corrected chi connectivity index (χ4v) is 2.71. The van der Waals surface area contributed by atoms with Crippen molar-refractivity contribution < 1.29 is 9.53 Å². The standard InChI is InChI=1S/C21H27NO2/c1-6-18-7-9-19(10-8-18)16(4)22-21(23)17(5)24-20-12-14(2)11-15(3)13-20/h7-13,16-17H,6H2,1-5H3,(H,22,23)/t16-,17+/m0/s1. The molecule has 2 aromatic rings. The van der Waals surface area contributed by atoms with Crippen LogP contribution >= 0.6 is 0 Å². The molecule has 1 N–H and O–H groups in total. The fourth-order valence-electron chi connectivity index (χ4n) is 2.71. The highest BCUT2D eigenvalue weighted by Gasteiger charge is 2.18. The predicted octanol–water partition coefficient (Wildman–Crippen LogP) is 4.51. The van der Waals surface area contributed by atoms with Gasteiger partial charge in [-0.2, -0.15) is 0 Å². The van der Waals surface area contributed by atoms with Crippen molar-refractivity contribution in [3.8, 4) is 5.75 Å². The molecule has 3 heteroatoms. The van der Waals surface area contributed by atoms with E-state index < -0.39 is 6.10 Å². The molecule has 0 aromatic heterocycles. The number of nitrogens with one attached hydrogen (secondary N) is 1. The van der Waals surface area contributed by atoms with E-state index in [1.54, 1.807) is 6.92 Å². The monoisotopic (exact) mass is 325 g/mol. The van der Waals surface area contributed by atoms with E-state index in [-0.39, 0.29) is 11.9 Å². The first kappa shape index (κ1) is 18.1. The Balaban J connectivity index is 1.97. The lowest BCUT2D eigenvalue weighted by atomic mass is 10.0. The van der Waals surface area contributed by atoms with Gasteiger partial charge in [0.2, 0.25) is 0 Å². The quantitative estimate of drug-likeness (QED) is 0.848. The number of hydrogen-bond donors (Lipinski definition) is 1. The zero-order valence-corrected chi connectivity index (χ0v) is 15.2. The van der Waals surface area contributed by atoms with Crippen molar-refractivity contribution in [3.63, 3.8) is 0 Å². The van der Waals surface area contributed by atoms with E-state index in [0.717, 1.165) is 28.9 Å². The molecule has 2 aromatic carbocycles. The SMILES string of the molecule is CCc1ccc([C@H](C)NC(=O)[C@@H](C)Oc2cc(C)cc(C)c2)cc1. The molecule has 0 aliphatic rings. The highest BCUT2D eigenvalue weighted by atomic mass is 16.5. The molecular weight excluding hydrogens is 298 g/mol. The molecule has 0 saturated heterocycles. The van der Waals surface area contributed by atoms with E-state index in [0.29, 0.717) is 0 Å². The maximum Gasteiger partial charge on any atom is 0.261 e. The molecule has 128 valence electrons. The van der Waals surface area contributed by atoms with Crippen LogP contribution in [-0.2, 0) is 11.2 Å². The molecule has 2 rings (SSSR count). The molecule has 0 aliphatic heterocycles. The molecule has 0 saturated carbocycles. The summed E-state index contributed by atoms with van der Waals surface area (Å²) in [5, 5.41) is 3.02. The first-order valence-corrected chi connectivity index (χ1v) is 8.53. The Morgan fingerprint density at radius 3 is 2.17 bits per heavy atom. The summed E-state index contributed by atoms with van der Waals surface area (Å²) in [4.78, 5) is 12.4. The molecule has 0 unspecified atom stereocenters. The van der Waals surface area contributed by atoms with Crippen molar-refractivity contribution in [2.75, 3.05) is 0 Å².